The van der Waals surface area contributed by atoms with Gasteiger partial charge in [-0.15, -0.1) is 0 Å². The lowest BCUT2D eigenvalue weighted by Gasteiger charge is -2.12. The number of hydrogen-bond donors (Lipinski definition) is 3. The van der Waals surface area contributed by atoms with Crippen LogP contribution < -0.4 is 11.1 Å². The number of aliphatic hydroxyl groups is 1. The van der Waals surface area contributed by atoms with Crippen LogP contribution in [0.2, 0.25) is 0 Å². The summed E-state index contributed by atoms with van der Waals surface area (Å²) in [5.41, 5.74) is 7.52. The van der Waals surface area contributed by atoms with Crippen LogP contribution >= 0.6 is 0 Å². The van der Waals surface area contributed by atoms with Crippen molar-refractivity contribution in [3.8, 4) is 0 Å². The molecule has 4 N–H and O–H groups in total. The van der Waals surface area contributed by atoms with E-state index in [1.807, 2.05) is 20.9 Å². The molecule has 1 heterocycles. The second-order valence-corrected chi connectivity index (χ2v) is 4.42. The van der Waals surface area contributed by atoms with Crippen LogP contribution in [0.5, 0.6) is 0 Å². The molecule has 0 fully saturated rings. The Hall–Kier alpha value is -1.27. The maximum atomic E-state index is 9.55. The van der Waals surface area contributed by atoms with Crippen LogP contribution in [0.25, 0.3) is 0 Å². The highest BCUT2D eigenvalue weighted by Gasteiger charge is 2.16. The molecular weight excluding hydrogens is 220 g/mol. The minimum Gasteiger partial charge on any atom is -0.394 e. The number of nitrogens with two attached hydrogens (primary N) is 1. The van der Waals surface area contributed by atoms with E-state index in [0.29, 0.717) is 18.8 Å². The van der Waals surface area contributed by atoms with Crippen molar-refractivity contribution in [2.24, 2.45) is 7.05 Å². The number of rotatable bonds is 6. The fourth-order valence-corrected chi connectivity index (χ4v) is 1.66. The summed E-state index contributed by atoms with van der Waals surface area (Å²) in [5.74, 6) is 1.02. The number of hydrogen-bond acceptors (Lipinski definition) is 5. The predicted molar refractivity (Wildman–Crippen MR) is 68.1 cm³/mol. The molecule has 0 aromatic carbocycles. The van der Waals surface area contributed by atoms with Crippen molar-refractivity contribution >= 4 is 11.5 Å². The Kier molecular flexibility index (Phi) is 4.77. The number of anilines is 2. The van der Waals surface area contributed by atoms with E-state index in [-0.39, 0.29) is 5.92 Å². The molecular formula is C11H22N4O2. The van der Waals surface area contributed by atoms with Gasteiger partial charge in [-0.05, 0) is 5.92 Å². The largest absolute Gasteiger partial charge is 0.394 e. The number of nitrogen functional groups attached to an aromatic ring is 1. The first kappa shape index (κ1) is 13.8. The first-order valence-electron chi connectivity index (χ1n) is 5.70. The molecule has 6 nitrogen and oxygen atoms in total. The summed E-state index contributed by atoms with van der Waals surface area (Å²) in [5, 5.41) is 17.0. The van der Waals surface area contributed by atoms with E-state index in [1.165, 1.54) is 0 Å². The molecule has 0 amide bonds. The first-order chi connectivity index (χ1) is 7.97. The molecule has 0 spiro atoms. The van der Waals surface area contributed by atoms with Crippen LogP contribution in [0.15, 0.2) is 0 Å². The molecule has 17 heavy (non-hydrogen) atoms. The zero-order valence-electron chi connectivity index (χ0n) is 10.9. The lowest BCUT2D eigenvalue weighted by atomic mass is 10.1. The van der Waals surface area contributed by atoms with Gasteiger partial charge in [0.1, 0.15) is 5.82 Å². The monoisotopic (exact) mass is 242 g/mol. The zero-order chi connectivity index (χ0) is 13.0. The Morgan fingerprint density at radius 2 is 2.18 bits per heavy atom. The van der Waals surface area contributed by atoms with Gasteiger partial charge in [-0.3, -0.25) is 4.68 Å². The van der Waals surface area contributed by atoms with Gasteiger partial charge in [-0.25, -0.2) is 0 Å². The van der Waals surface area contributed by atoms with Crippen LogP contribution in [0.1, 0.15) is 25.5 Å². The van der Waals surface area contributed by atoms with E-state index in [0.717, 1.165) is 11.5 Å². The number of nitrogens with one attached hydrogen (secondary N) is 1. The average molecular weight is 242 g/mol. The SMILES string of the molecule is COCC(O)CNc1c(N)c(C(C)C)nn1C. The number of methoxy groups -OCH3 is 1. The molecule has 1 aromatic heterocycles. The summed E-state index contributed by atoms with van der Waals surface area (Å²) >= 11 is 0. The molecule has 0 aliphatic heterocycles. The van der Waals surface area contributed by atoms with E-state index in [1.54, 1.807) is 11.8 Å². The molecule has 0 bridgehead atoms. The number of aryl methyl sites for hydroxylation is 1. The van der Waals surface area contributed by atoms with Gasteiger partial charge in [0.15, 0.2) is 0 Å². The quantitative estimate of drug-likeness (QED) is 0.678. The van der Waals surface area contributed by atoms with Crippen LogP contribution in [0.3, 0.4) is 0 Å². The van der Waals surface area contributed by atoms with E-state index >= 15 is 0 Å². The fourth-order valence-electron chi connectivity index (χ4n) is 1.66. The van der Waals surface area contributed by atoms with Crippen molar-refractivity contribution in [2.75, 3.05) is 31.3 Å². The fraction of sp³-hybridized carbons (Fsp3) is 0.727. The molecule has 6 heteroatoms. The summed E-state index contributed by atoms with van der Waals surface area (Å²) in [6.07, 6.45) is -0.559. The molecule has 0 radical (unpaired) electrons. The smallest absolute Gasteiger partial charge is 0.147 e. The van der Waals surface area contributed by atoms with Crippen LogP contribution in [0, 0.1) is 0 Å². The third kappa shape index (κ3) is 3.34. The summed E-state index contributed by atoms with van der Waals surface area (Å²) in [7, 11) is 3.38. The maximum Gasteiger partial charge on any atom is 0.147 e. The van der Waals surface area contributed by atoms with E-state index < -0.39 is 6.10 Å². The Bertz CT molecular complexity index is 363. The average Bonchev–Trinajstić information content (AvgIpc) is 2.52. The summed E-state index contributed by atoms with van der Waals surface area (Å²) in [6, 6.07) is 0. The molecule has 0 aliphatic rings. The molecule has 1 atom stereocenters. The number of ether oxygens (including phenoxy) is 1. The second-order valence-electron chi connectivity index (χ2n) is 4.42. The summed E-state index contributed by atoms with van der Waals surface area (Å²) < 4.78 is 6.55. The van der Waals surface area contributed by atoms with Gasteiger partial charge < -0.3 is 20.9 Å². The number of aliphatic hydroxyl groups excluding tert-OH is 1. The van der Waals surface area contributed by atoms with Crippen molar-refractivity contribution in [1.82, 2.24) is 9.78 Å². The highest BCUT2D eigenvalue weighted by Crippen LogP contribution is 2.27. The third-order valence-electron chi connectivity index (χ3n) is 2.52. The third-order valence-corrected chi connectivity index (χ3v) is 2.52. The van der Waals surface area contributed by atoms with Gasteiger partial charge in [-0.2, -0.15) is 5.10 Å². The summed E-state index contributed by atoms with van der Waals surface area (Å²) in [4.78, 5) is 0. The van der Waals surface area contributed by atoms with E-state index in [9.17, 15) is 5.11 Å². The van der Waals surface area contributed by atoms with Crippen molar-refractivity contribution in [3.05, 3.63) is 5.69 Å². The highest BCUT2D eigenvalue weighted by molar-refractivity contribution is 5.65. The maximum absolute atomic E-state index is 9.55. The minimum atomic E-state index is -0.559. The lowest BCUT2D eigenvalue weighted by Crippen LogP contribution is -2.25. The van der Waals surface area contributed by atoms with Crippen LogP contribution in [0.4, 0.5) is 11.5 Å². The predicted octanol–water partition coefficient (Wildman–Crippen LogP) is 0.545. The van der Waals surface area contributed by atoms with Crippen LogP contribution in [-0.4, -0.2) is 41.3 Å². The number of aromatic nitrogens is 2. The minimum absolute atomic E-state index is 0.278. The normalized spacial score (nSPS) is 13.1. The molecule has 1 unspecified atom stereocenters. The molecule has 1 aromatic rings. The first-order valence-corrected chi connectivity index (χ1v) is 5.70. The number of nitrogens with zero attached hydrogens (tertiary/aromatic N) is 2. The van der Waals surface area contributed by atoms with Crippen molar-refractivity contribution in [3.63, 3.8) is 0 Å². The molecule has 0 aliphatic carbocycles. The standard InChI is InChI=1S/C11H22N4O2/c1-7(2)10-9(12)11(15(3)14-10)13-5-8(16)6-17-4/h7-8,13,16H,5-6,12H2,1-4H3. The molecule has 1 rings (SSSR count). The van der Waals surface area contributed by atoms with Gasteiger partial charge in [0, 0.05) is 20.7 Å². The highest BCUT2D eigenvalue weighted by atomic mass is 16.5. The van der Waals surface area contributed by atoms with Crippen molar-refractivity contribution in [1.29, 1.82) is 0 Å². The topological polar surface area (TPSA) is 85.3 Å². The van der Waals surface area contributed by atoms with Crippen molar-refractivity contribution in [2.45, 2.75) is 25.9 Å². The Morgan fingerprint density at radius 3 is 2.65 bits per heavy atom. The van der Waals surface area contributed by atoms with Gasteiger partial charge in [-0.1, -0.05) is 13.8 Å². The summed E-state index contributed by atoms with van der Waals surface area (Å²) in [6.45, 7) is 4.77. The molecule has 98 valence electrons. The van der Waals surface area contributed by atoms with Crippen molar-refractivity contribution < 1.29 is 9.84 Å². The van der Waals surface area contributed by atoms with Gasteiger partial charge in [0.25, 0.3) is 0 Å². The van der Waals surface area contributed by atoms with E-state index in [2.05, 4.69) is 10.4 Å². The Morgan fingerprint density at radius 1 is 1.53 bits per heavy atom. The van der Waals surface area contributed by atoms with Gasteiger partial charge in [0.05, 0.1) is 24.1 Å². The Balaban J connectivity index is 2.71. The zero-order valence-corrected chi connectivity index (χ0v) is 10.9. The molecule has 0 saturated heterocycles. The van der Waals surface area contributed by atoms with Crippen LogP contribution in [-0.2, 0) is 11.8 Å². The van der Waals surface area contributed by atoms with Gasteiger partial charge in [0.2, 0.25) is 0 Å². The van der Waals surface area contributed by atoms with Gasteiger partial charge >= 0.3 is 0 Å². The molecule has 0 saturated carbocycles. The second kappa shape index (κ2) is 5.88. The van der Waals surface area contributed by atoms with E-state index in [4.69, 9.17) is 10.5 Å². The Labute approximate surface area is 102 Å². The lowest BCUT2D eigenvalue weighted by molar-refractivity contribution is 0.0727.